The fourth-order valence-electron chi connectivity index (χ4n) is 2.80. The van der Waals surface area contributed by atoms with E-state index in [1.807, 2.05) is 36.4 Å². The van der Waals surface area contributed by atoms with Gasteiger partial charge in [-0.05, 0) is 11.1 Å². The van der Waals surface area contributed by atoms with Gasteiger partial charge in [-0.2, -0.15) is 0 Å². The van der Waals surface area contributed by atoms with Gasteiger partial charge in [0.1, 0.15) is 11.3 Å². The van der Waals surface area contributed by atoms with E-state index < -0.39 is 0 Å². The number of benzene rings is 2. The molecule has 4 aromatic rings. The van der Waals surface area contributed by atoms with Gasteiger partial charge in [-0.1, -0.05) is 72.9 Å². The number of imidazole rings is 1. The van der Waals surface area contributed by atoms with Gasteiger partial charge in [-0.25, -0.2) is 9.97 Å². The zero-order valence-electron chi connectivity index (χ0n) is 12.2. The van der Waals surface area contributed by atoms with Crippen molar-refractivity contribution in [2.75, 3.05) is 0 Å². The van der Waals surface area contributed by atoms with E-state index in [1.54, 1.807) is 6.33 Å². The van der Waals surface area contributed by atoms with Gasteiger partial charge < -0.3 is 9.97 Å². The van der Waals surface area contributed by atoms with Gasteiger partial charge in [-0.3, -0.25) is 0 Å². The quantitative estimate of drug-likeness (QED) is 0.557. The molecule has 0 unspecified atom stereocenters. The lowest BCUT2D eigenvalue weighted by Crippen LogP contribution is -2.08. The second-order valence-electron chi connectivity index (χ2n) is 5.31. The van der Waals surface area contributed by atoms with Gasteiger partial charge in [0.2, 0.25) is 0 Å². The van der Waals surface area contributed by atoms with Gasteiger partial charge in [-0.15, -0.1) is 0 Å². The van der Waals surface area contributed by atoms with Gasteiger partial charge in [0.05, 0.1) is 12.2 Å². The third kappa shape index (κ3) is 2.55. The Balaban J connectivity index is 1.95. The summed E-state index contributed by atoms with van der Waals surface area (Å²) >= 11 is 5.41. The van der Waals surface area contributed by atoms with Crippen LogP contribution in [0.3, 0.4) is 0 Å². The van der Waals surface area contributed by atoms with E-state index >= 15 is 0 Å². The molecule has 2 aromatic carbocycles. The Hall–Kier alpha value is -2.79. The number of nitrogens with one attached hydrogen (secondary N) is 2. The van der Waals surface area contributed by atoms with E-state index in [2.05, 4.69) is 44.2 Å². The lowest BCUT2D eigenvalue weighted by atomic mass is 9.90. The Morgan fingerprint density at radius 2 is 1.48 bits per heavy atom. The zero-order valence-corrected chi connectivity index (χ0v) is 13.0. The van der Waals surface area contributed by atoms with Crippen molar-refractivity contribution < 1.29 is 0 Å². The van der Waals surface area contributed by atoms with Crippen molar-refractivity contribution in [3.63, 3.8) is 0 Å². The molecule has 0 bridgehead atoms. The van der Waals surface area contributed by atoms with E-state index in [9.17, 15) is 0 Å². The number of hydrogen-bond donors (Lipinski definition) is 2. The summed E-state index contributed by atoms with van der Waals surface area (Å²) in [5, 5.41) is 0. The molecule has 0 aliphatic heterocycles. The minimum absolute atomic E-state index is 0.0137. The first-order chi connectivity index (χ1) is 11.3. The zero-order chi connectivity index (χ0) is 15.6. The summed E-state index contributed by atoms with van der Waals surface area (Å²) < 4.78 is 0.531. The average molecular weight is 318 g/mol. The van der Waals surface area contributed by atoms with Gasteiger partial charge in [0.25, 0.3) is 0 Å². The molecule has 23 heavy (non-hydrogen) atoms. The standard InChI is InChI=1S/C18H14N4S/c23-18-15-17(20-11-19-15)21-16(22-18)14(12-7-3-1-4-8-12)13-9-5-2-6-10-13/h1-11,14H,(H2,19,20,21,22,23). The molecule has 2 N–H and O–H groups in total. The SMILES string of the molecule is S=c1nc(C(c2ccccc2)c2ccccc2)[nH]c2nc[nH]c12. The summed E-state index contributed by atoms with van der Waals surface area (Å²) in [5.74, 6) is 0.784. The highest BCUT2D eigenvalue weighted by atomic mass is 32.1. The minimum atomic E-state index is -0.0137. The van der Waals surface area contributed by atoms with E-state index in [4.69, 9.17) is 12.2 Å². The van der Waals surface area contributed by atoms with Crippen LogP contribution in [-0.4, -0.2) is 19.9 Å². The van der Waals surface area contributed by atoms with Crippen molar-refractivity contribution >= 4 is 23.4 Å². The van der Waals surface area contributed by atoms with Crippen LogP contribution in [-0.2, 0) is 0 Å². The second kappa shape index (κ2) is 5.78. The highest BCUT2D eigenvalue weighted by Gasteiger charge is 2.19. The van der Waals surface area contributed by atoms with E-state index in [0.717, 1.165) is 28.1 Å². The number of rotatable bonds is 3. The summed E-state index contributed by atoms with van der Waals surface area (Å²) in [5.41, 5.74) is 3.82. The summed E-state index contributed by atoms with van der Waals surface area (Å²) in [4.78, 5) is 15.3. The number of hydrogen-bond acceptors (Lipinski definition) is 3. The van der Waals surface area contributed by atoms with Crippen molar-refractivity contribution in [3.8, 4) is 0 Å². The summed E-state index contributed by atoms with van der Waals surface area (Å²) in [6.45, 7) is 0. The molecular formula is C18H14N4S. The Labute approximate surface area is 138 Å². The highest BCUT2D eigenvalue weighted by molar-refractivity contribution is 7.71. The summed E-state index contributed by atoms with van der Waals surface area (Å²) in [7, 11) is 0. The lowest BCUT2D eigenvalue weighted by Gasteiger charge is -2.17. The van der Waals surface area contributed by atoms with Crippen LogP contribution >= 0.6 is 12.2 Å². The molecule has 0 aliphatic carbocycles. The number of fused-ring (bicyclic) bond motifs is 1. The summed E-state index contributed by atoms with van der Waals surface area (Å²) in [6.07, 6.45) is 1.63. The maximum atomic E-state index is 5.41. The molecule has 0 saturated carbocycles. The Kier molecular flexibility index (Phi) is 3.48. The second-order valence-corrected chi connectivity index (χ2v) is 5.69. The molecule has 0 aliphatic rings. The predicted molar refractivity (Wildman–Crippen MR) is 92.9 cm³/mol. The molecule has 0 amide bonds. The third-order valence-corrected chi connectivity index (χ3v) is 4.16. The smallest absolute Gasteiger partial charge is 0.160 e. The van der Waals surface area contributed by atoms with E-state index in [-0.39, 0.29) is 5.92 Å². The highest BCUT2D eigenvalue weighted by Crippen LogP contribution is 2.30. The molecule has 0 atom stereocenters. The Morgan fingerprint density at radius 3 is 2.09 bits per heavy atom. The molecule has 0 saturated heterocycles. The van der Waals surface area contributed by atoms with Crippen LogP contribution in [0.15, 0.2) is 67.0 Å². The van der Waals surface area contributed by atoms with Gasteiger partial charge >= 0.3 is 0 Å². The maximum absolute atomic E-state index is 5.41. The fraction of sp³-hybridized carbons (Fsp3) is 0.0556. The van der Waals surface area contributed by atoms with E-state index in [0.29, 0.717) is 4.64 Å². The van der Waals surface area contributed by atoms with Gasteiger partial charge in [0.15, 0.2) is 10.3 Å². The Bertz CT molecular complexity index is 950. The van der Waals surface area contributed by atoms with Crippen LogP contribution in [0.4, 0.5) is 0 Å². The molecule has 4 rings (SSSR count). The van der Waals surface area contributed by atoms with Crippen molar-refractivity contribution in [2.24, 2.45) is 0 Å². The first-order valence-electron chi connectivity index (χ1n) is 7.36. The van der Waals surface area contributed by atoms with Crippen LogP contribution in [0.5, 0.6) is 0 Å². The van der Waals surface area contributed by atoms with Crippen LogP contribution in [0.2, 0.25) is 0 Å². The topological polar surface area (TPSA) is 57.4 Å². The molecule has 0 radical (unpaired) electrons. The minimum Gasteiger partial charge on any atom is -0.341 e. The Morgan fingerprint density at radius 1 is 0.870 bits per heavy atom. The first kappa shape index (κ1) is 13.8. The third-order valence-electron chi connectivity index (χ3n) is 3.86. The van der Waals surface area contributed by atoms with Crippen LogP contribution in [0.25, 0.3) is 11.2 Å². The molecule has 2 heterocycles. The monoisotopic (exact) mass is 318 g/mol. The maximum Gasteiger partial charge on any atom is 0.160 e. The lowest BCUT2D eigenvalue weighted by molar-refractivity contribution is 0.861. The average Bonchev–Trinajstić information content (AvgIpc) is 3.06. The van der Waals surface area contributed by atoms with Crippen molar-refractivity contribution in [1.82, 2.24) is 19.9 Å². The number of aromatic amines is 2. The molecule has 2 aromatic heterocycles. The molecule has 0 fully saturated rings. The fourth-order valence-corrected chi connectivity index (χ4v) is 3.06. The van der Waals surface area contributed by atoms with Crippen LogP contribution in [0, 0.1) is 4.64 Å². The largest absolute Gasteiger partial charge is 0.341 e. The van der Waals surface area contributed by atoms with Crippen molar-refractivity contribution in [2.45, 2.75) is 5.92 Å². The molecule has 112 valence electrons. The number of H-pyrrole nitrogens is 2. The van der Waals surface area contributed by atoms with Gasteiger partial charge in [0, 0.05) is 0 Å². The van der Waals surface area contributed by atoms with Crippen molar-refractivity contribution in [3.05, 3.63) is 88.6 Å². The number of nitrogens with zero attached hydrogens (tertiary/aromatic N) is 2. The van der Waals surface area contributed by atoms with Crippen LogP contribution < -0.4 is 0 Å². The summed E-state index contributed by atoms with van der Waals surface area (Å²) in [6, 6.07) is 20.6. The number of aromatic nitrogens is 4. The van der Waals surface area contributed by atoms with Crippen molar-refractivity contribution in [1.29, 1.82) is 0 Å². The molecule has 0 spiro atoms. The normalized spacial score (nSPS) is 11.2. The molecule has 5 heteroatoms. The first-order valence-corrected chi connectivity index (χ1v) is 7.77. The predicted octanol–water partition coefficient (Wildman–Crippen LogP) is 4.20. The van der Waals surface area contributed by atoms with Crippen LogP contribution in [0.1, 0.15) is 22.9 Å². The molecule has 4 nitrogen and oxygen atoms in total. The molecular weight excluding hydrogens is 304 g/mol. The van der Waals surface area contributed by atoms with E-state index in [1.165, 1.54) is 0 Å².